The molecule has 27 heavy (non-hydrogen) atoms. The van der Waals surface area contributed by atoms with Gasteiger partial charge in [-0.1, -0.05) is 35.3 Å². The van der Waals surface area contributed by atoms with Gasteiger partial charge in [-0.2, -0.15) is 0 Å². The summed E-state index contributed by atoms with van der Waals surface area (Å²) in [6, 6.07) is 16.0. The number of pyridine rings is 1. The average molecular weight is 397 g/mol. The molecule has 0 fully saturated rings. The Balaban J connectivity index is 1.59. The second-order valence-corrected chi connectivity index (χ2v) is 6.78. The number of amides is 1. The molecule has 2 heterocycles. The molecule has 0 spiro atoms. The molecule has 0 aliphatic carbocycles. The zero-order chi connectivity index (χ0) is 18.8. The molecule has 0 radical (unpaired) electrons. The number of aromatic nitrogens is 3. The van der Waals surface area contributed by atoms with E-state index in [2.05, 4.69) is 20.3 Å². The maximum Gasteiger partial charge on any atom is 0.256 e. The van der Waals surface area contributed by atoms with Gasteiger partial charge in [-0.05, 0) is 48.0 Å². The monoisotopic (exact) mass is 396 g/mol. The van der Waals surface area contributed by atoms with E-state index < -0.39 is 0 Å². The van der Waals surface area contributed by atoms with Crippen molar-refractivity contribution in [1.82, 2.24) is 15.0 Å². The third kappa shape index (κ3) is 3.79. The van der Waals surface area contributed by atoms with Gasteiger partial charge in [-0.15, -0.1) is 0 Å². The van der Waals surface area contributed by atoms with Crippen LogP contribution in [0.15, 0.2) is 60.8 Å². The highest BCUT2D eigenvalue weighted by molar-refractivity contribution is 6.36. The molecule has 7 heteroatoms. The van der Waals surface area contributed by atoms with Crippen molar-refractivity contribution in [1.29, 1.82) is 0 Å². The summed E-state index contributed by atoms with van der Waals surface area (Å²) >= 11 is 12.5. The van der Waals surface area contributed by atoms with Gasteiger partial charge in [0.1, 0.15) is 11.6 Å². The molecule has 0 aliphatic heterocycles. The minimum absolute atomic E-state index is 0.235. The number of anilines is 1. The molecule has 0 aliphatic rings. The fourth-order valence-corrected chi connectivity index (χ4v) is 3.31. The van der Waals surface area contributed by atoms with Crippen molar-refractivity contribution in [3.63, 3.8) is 0 Å². The number of hydrogen-bond acceptors (Lipinski definition) is 3. The Hall–Kier alpha value is -2.89. The van der Waals surface area contributed by atoms with Gasteiger partial charge in [-0.3, -0.25) is 4.79 Å². The predicted octanol–water partition coefficient (Wildman–Crippen LogP) is 5.11. The lowest BCUT2D eigenvalue weighted by Gasteiger charge is -2.04. The van der Waals surface area contributed by atoms with Crippen LogP contribution in [0.25, 0.3) is 11.0 Å². The molecule has 1 amide bonds. The minimum Gasteiger partial charge on any atom is -0.342 e. The summed E-state index contributed by atoms with van der Waals surface area (Å²) in [7, 11) is 0. The van der Waals surface area contributed by atoms with Gasteiger partial charge >= 0.3 is 0 Å². The van der Waals surface area contributed by atoms with Crippen LogP contribution < -0.4 is 5.32 Å². The molecule has 0 saturated carbocycles. The van der Waals surface area contributed by atoms with Gasteiger partial charge in [-0.25, -0.2) is 9.97 Å². The number of imidazole rings is 1. The number of carbonyl (C=O) groups is 1. The zero-order valence-electron chi connectivity index (χ0n) is 14.0. The minimum atomic E-state index is -0.235. The van der Waals surface area contributed by atoms with Crippen LogP contribution in [0.3, 0.4) is 0 Å². The van der Waals surface area contributed by atoms with Gasteiger partial charge in [0.25, 0.3) is 5.91 Å². The van der Waals surface area contributed by atoms with E-state index in [9.17, 15) is 4.79 Å². The first-order valence-corrected chi connectivity index (χ1v) is 8.99. The molecular formula is C20H14Cl2N4O. The summed E-state index contributed by atoms with van der Waals surface area (Å²) in [6.07, 6.45) is 2.10. The first kappa shape index (κ1) is 17.5. The Bertz CT molecular complexity index is 1110. The van der Waals surface area contributed by atoms with Crippen molar-refractivity contribution in [2.24, 2.45) is 0 Å². The average Bonchev–Trinajstić information content (AvgIpc) is 3.07. The van der Waals surface area contributed by atoms with Crippen LogP contribution in [0.5, 0.6) is 0 Å². The van der Waals surface area contributed by atoms with Gasteiger partial charge in [0.05, 0.1) is 11.0 Å². The van der Waals surface area contributed by atoms with Crippen LogP contribution in [0.1, 0.15) is 21.7 Å². The van der Waals surface area contributed by atoms with Gasteiger partial charge in [0.15, 0.2) is 0 Å². The highest BCUT2D eigenvalue weighted by Gasteiger charge is 2.12. The van der Waals surface area contributed by atoms with E-state index >= 15 is 0 Å². The van der Waals surface area contributed by atoms with Crippen molar-refractivity contribution in [3.8, 4) is 0 Å². The molecule has 5 nitrogen and oxygen atoms in total. The van der Waals surface area contributed by atoms with Crippen LogP contribution in [0.4, 0.5) is 5.82 Å². The number of H-pyrrole nitrogens is 1. The third-order valence-corrected chi connectivity index (χ3v) is 4.81. The maximum atomic E-state index is 12.4. The standard InChI is InChI=1S/C20H14Cl2N4O/c21-14-4-3-5-15(22)13(14)11-19-24-16-8-7-12(10-17(16)25-19)20(27)26-18-6-1-2-9-23-18/h1-10H,11H2,(H,24,25)(H,23,26,27). The largest absolute Gasteiger partial charge is 0.342 e. The number of nitrogens with one attached hydrogen (secondary N) is 2. The van der Waals surface area contributed by atoms with Gasteiger partial charge in [0, 0.05) is 28.2 Å². The molecule has 2 aromatic carbocycles. The predicted molar refractivity (Wildman–Crippen MR) is 108 cm³/mol. The van der Waals surface area contributed by atoms with E-state index in [4.69, 9.17) is 23.2 Å². The topological polar surface area (TPSA) is 70.7 Å². The lowest BCUT2D eigenvalue weighted by molar-refractivity contribution is 0.102. The maximum absolute atomic E-state index is 12.4. The fourth-order valence-electron chi connectivity index (χ4n) is 2.78. The lowest BCUT2D eigenvalue weighted by Crippen LogP contribution is -2.12. The first-order valence-electron chi connectivity index (χ1n) is 8.24. The van der Waals surface area contributed by atoms with Crippen LogP contribution in [-0.4, -0.2) is 20.9 Å². The summed E-state index contributed by atoms with van der Waals surface area (Å²) in [6.45, 7) is 0. The molecule has 0 atom stereocenters. The molecule has 2 aromatic heterocycles. The Labute approximate surface area is 165 Å². The zero-order valence-corrected chi connectivity index (χ0v) is 15.6. The van der Waals surface area contributed by atoms with Crippen LogP contribution in [-0.2, 0) is 6.42 Å². The van der Waals surface area contributed by atoms with Gasteiger partial charge < -0.3 is 10.3 Å². The van der Waals surface area contributed by atoms with Crippen LogP contribution in [0.2, 0.25) is 10.0 Å². The molecule has 134 valence electrons. The second kappa shape index (κ2) is 7.39. The van der Waals surface area contributed by atoms with Gasteiger partial charge in [0.2, 0.25) is 0 Å². The SMILES string of the molecule is O=C(Nc1ccccn1)c1ccc2nc(Cc3c(Cl)cccc3Cl)[nH]c2c1. The number of rotatable bonds is 4. The highest BCUT2D eigenvalue weighted by atomic mass is 35.5. The van der Waals surface area contributed by atoms with Crippen molar-refractivity contribution in [2.45, 2.75) is 6.42 Å². The Morgan fingerprint density at radius 1 is 1.04 bits per heavy atom. The van der Waals surface area contributed by atoms with Crippen LogP contribution >= 0.6 is 23.2 Å². The fraction of sp³-hybridized carbons (Fsp3) is 0.0500. The number of halogens is 2. The van der Waals surface area contributed by atoms with E-state index in [0.29, 0.717) is 27.8 Å². The van der Waals surface area contributed by atoms with Crippen molar-refractivity contribution >= 4 is 46.0 Å². The quantitative estimate of drug-likeness (QED) is 0.503. The van der Waals surface area contributed by atoms with E-state index in [0.717, 1.165) is 22.4 Å². The summed E-state index contributed by atoms with van der Waals surface area (Å²) in [5.41, 5.74) is 2.86. The Kier molecular flexibility index (Phi) is 4.79. The Morgan fingerprint density at radius 2 is 1.85 bits per heavy atom. The number of benzene rings is 2. The smallest absolute Gasteiger partial charge is 0.256 e. The number of aromatic amines is 1. The van der Waals surface area contributed by atoms with E-state index in [1.54, 1.807) is 54.7 Å². The summed E-state index contributed by atoms with van der Waals surface area (Å²) < 4.78 is 0. The second-order valence-electron chi connectivity index (χ2n) is 5.96. The molecular weight excluding hydrogens is 383 g/mol. The third-order valence-electron chi connectivity index (χ3n) is 4.11. The molecule has 0 unspecified atom stereocenters. The van der Waals surface area contributed by atoms with E-state index in [-0.39, 0.29) is 5.91 Å². The Morgan fingerprint density at radius 3 is 2.59 bits per heavy atom. The highest BCUT2D eigenvalue weighted by Crippen LogP contribution is 2.27. The molecule has 4 rings (SSSR count). The molecule has 0 saturated heterocycles. The van der Waals surface area contributed by atoms with E-state index in [1.807, 2.05) is 6.07 Å². The summed E-state index contributed by atoms with van der Waals surface area (Å²) in [4.78, 5) is 24.3. The van der Waals surface area contributed by atoms with E-state index in [1.165, 1.54) is 0 Å². The normalized spacial score (nSPS) is 10.9. The van der Waals surface area contributed by atoms with Crippen molar-refractivity contribution in [3.05, 3.63) is 87.8 Å². The lowest BCUT2D eigenvalue weighted by atomic mass is 10.1. The summed E-state index contributed by atoms with van der Waals surface area (Å²) in [5.74, 6) is 0.990. The molecule has 0 bridgehead atoms. The number of fused-ring (bicyclic) bond motifs is 1. The number of hydrogen-bond donors (Lipinski definition) is 2. The molecule has 4 aromatic rings. The van der Waals surface area contributed by atoms with Crippen molar-refractivity contribution in [2.75, 3.05) is 5.32 Å². The summed E-state index contributed by atoms with van der Waals surface area (Å²) in [5, 5.41) is 3.96. The van der Waals surface area contributed by atoms with Crippen molar-refractivity contribution < 1.29 is 4.79 Å². The van der Waals surface area contributed by atoms with Crippen LogP contribution in [0, 0.1) is 0 Å². The molecule has 2 N–H and O–H groups in total. The number of carbonyl (C=O) groups excluding carboxylic acids is 1. The first-order chi connectivity index (χ1) is 13.1. The number of nitrogens with zero attached hydrogens (tertiary/aromatic N) is 2.